The van der Waals surface area contributed by atoms with Gasteiger partial charge in [-0.3, -0.25) is 9.59 Å². The van der Waals surface area contributed by atoms with Gasteiger partial charge < -0.3 is 15.2 Å². The summed E-state index contributed by atoms with van der Waals surface area (Å²) in [5.74, 6) is -0.679. The molecule has 0 aliphatic heterocycles. The standard InChI is InChI=1S/C19H26FN3O2/c1-6-23(11-17(24)22-19(3,4)5)18(25)10-14-12(2)21-16-8-7-13(20)9-15(14)16/h7-9,21H,6,10-11H2,1-5H3,(H,22,24). The van der Waals surface area contributed by atoms with E-state index in [1.165, 1.54) is 17.0 Å². The lowest BCUT2D eigenvalue weighted by atomic mass is 10.1. The second-order valence-corrected chi connectivity index (χ2v) is 7.30. The largest absolute Gasteiger partial charge is 0.358 e. The number of aromatic nitrogens is 1. The lowest BCUT2D eigenvalue weighted by Gasteiger charge is -2.25. The van der Waals surface area contributed by atoms with Crippen molar-refractivity contribution in [2.45, 2.75) is 46.6 Å². The predicted molar refractivity (Wildman–Crippen MR) is 96.8 cm³/mol. The highest BCUT2D eigenvalue weighted by Crippen LogP contribution is 2.24. The molecule has 136 valence electrons. The molecule has 0 bridgehead atoms. The maximum atomic E-state index is 13.6. The monoisotopic (exact) mass is 347 g/mol. The molecule has 5 nitrogen and oxygen atoms in total. The zero-order chi connectivity index (χ0) is 18.8. The number of hydrogen-bond donors (Lipinski definition) is 2. The molecule has 25 heavy (non-hydrogen) atoms. The second kappa shape index (κ2) is 7.25. The van der Waals surface area contributed by atoms with Gasteiger partial charge in [-0.05, 0) is 58.4 Å². The molecular formula is C19H26FN3O2. The van der Waals surface area contributed by atoms with Crippen molar-refractivity contribution in [2.75, 3.05) is 13.1 Å². The van der Waals surface area contributed by atoms with Crippen LogP contribution >= 0.6 is 0 Å². The number of benzene rings is 1. The fraction of sp³-hybridized carbons (Fsp3) is 0.474. The van der Waals surface area contributed by atoms with E-state index in [0.717, 1.165) is 16.8 Å². The van der Waals surface area contributed by atoms with Crippen molar-refractivity contribution in [1.82, 2.24) is 15.2 Å². The number of hydrogen-bond acceptors (Lipinski definition) is 2. The number of rotatable bonds is 5. The fourth-order valence-corrected chi connectivity index (χ4v) is 2.85. The van der Waals surface area contributed by atoms with Crippen LogP contribution in [0, 0.1) is 12.7 Å². The summed E-state index contributed by atoms with van der Waals surface area (Å²) in [5.41, 5.74) is 2.07. The van der Waals surface area contributed by atoms with Crippen LogP contribution in [0.25, 0.3) is 10.9 Å². The lowest BCUT2D eigenvalue weighted by Crippen LogP contribution is -2.47. The summed E-state index contributed by atoms with van der Waals surface area (Å²) in [4.78, 5) is 29.4. The molecule has 1 aromatic carbocycles. The molecule has 0 spiro atoms. The normalized spacial score (nSPS) is 11.6. The lowest BCUT2D eigenvalue weighted by molar-refractivity contribution is -0.135. The van der Waals surface area contributed by atoms with Gasteiger partial charge in [-0.2, -0.15) is 0 Å². The molecule has 1 heterocycles. The van der Waals surface area contributed by atoms with Crippen LogP contribution in [0.4, 0.5) is 4.39 Å². The summed E-state index contributed by atoms with van der Waals surface area (Å²) in [6, 6.07) is 4.49. The minimum absolute atomic E-state index is 0.0162. The fourth-order valence-electron chi connectivity index (χ4n) is 2.85. The van der Waals surface area contributed by atoms with Crippen LogP contribution in [0.3, 0.4) is 0 Å². The number of aromatic amines is 1. The molecule has 2 amide bonds. The maximum absolute atomic E-state index is 13.6. The number of nitrogens with zero attached hydrogens (tertiary/aromatic N) is 1. The SMILES string of the molecule is CCN(CC(=O)NC(C)(C)C)C(=O)Cc1c(C)[nH]c2ccc(F)cc12. The molecular weight excluding hydrogens is 321 g/mol. The molecule has 0 saturated heterocycles. The Kier molecular flexibility index (Phi) is 5.50. The van der Waals surface area contributed by atoms with Crippen molar-refractivity contribution < 1.29 is 14.0 Å². The molecule has 0 aliphatic rings. The van der Waals surface area contributed by atoms with Crippen molar-refractivity contribution in [3.63, 3.8) is 0 Å². The number of carbonyl (C=O) groups excluding carboxylic acids is 2. The highest BCUT2D eigenvalue weighted by Gasteiger charge is 2.21. The molecule has 2 rings (SSSR count). The number of nitrogens with one attached hydrogen (secondary N) is 2. The summed E-state index contributed by atoms with van der Waals surface area (Å²) >= 11 is 0. The topological polar surface area (TPSA) is 65.2 Å². The second-order valence-electron chi connectivity index (χ2n) is 7.30. The Morgan fingerprint density at radius 1 is 1.28 bits per heavy atom. The van der Waals surface area contributed by atoms with Gasteiger partial charge in [0.15, 0.2) is 0 Å². The van der Waals surface area contributed by atoms with Crippen molar-refractivity contribution in [3.8, 4) is 0 Å². The average molecular weight is 347 g/mol. The van der Waals surface area contributed by atoms with Gasteiger partial charge in [0.25, 0.3) is 0 Å². The quantitative estimate of drug-likeness (QED) is 0.873. The number of H-pyrrole nitrogens is 1. The van der Waals surface area contributed by atoms with Gasteiger partial charge in [-0.1, -0.05) is 0 Å². The Hall–Kier alpha value is -2.37. The van der Waals surface area contributed by atoms with E-state index in [-0.39, 0.29) is 36.1 Å². The third-order valence-corrected chi connectivity index (χ3v) is 3.99. The number of amides is 2. The summed E-state index contributed by atoms with van der Waals surface area (Å²) in [7, 11) is 0. The van der Waals surface area contributed by atoms with Crippen LogP contribution in [0.15, 0.2) is 18.2 Å². The van der Waals surface area contributed by atoms with E-state index in [1.54, 1.807) is 6.07 Å². The number of carbonyl (C=O) groups is 2. The first-order valence-electron chi connectivity index (χ1n) is 8.46. The van der Waals surface area contributed by atoms with E-state index >= 15 is 0 Å². The molecule has 0 aliphatic carbocycles. The van der Waals surface area contributed by atoms with Crippen LogP contribution in [-0.2, 0) is 16.0 Å². The zero-order valence-electron chi connectivity index (χ0n) is 15.5. The van der Waals surface area contributed by atoms with Gasteiger partial charge in [-0.15, -0.1) is 0 Å². The third kappa shape index (κ3) is 4.81. The minimum atomic E-state index is -0.343. The van der Waals surface area contributed by atoms with E-state index in [4.69, 9.17) is 0 Å². The summed E-state index contributed by atoms with van der Waals surface area (Å²) in [6.07, 6.45) is 0.131. The summed E-state index contributed by atoms with van der Waals surface area (Å²) in [5, 5.41) is 3.57. The Morgan fingerprint density at radius 2 is 1.96 bits per heavy atom. The molecule has 0 fully saturated rings. The van der Waals surface area contributed by atoms with Crippen molar-refractivity contribution in [2.24, 2.45) is 0 Å². The van der Waals surface area contributed by atoms with E-state index in [0.29, 0.717) is 11.9 Å². The molecule has 6 heteroatoms. The van der Waals surface area contributed by atoms with E-state index < -0.39 is 0 Å². The Balaban J connectivity index is 2.16. The van der Waals surface area contributed by atoms with Gasteiger partial charge in [0, 0.05) is 28.7 Å². The van der Waals surface area contributed by atoms with E-state index in [2.05, 4.69) is 10.3 Å². The van der Waals surface area contributed by atoms with Crippen LogP contribution in [0.2, 0.25) is 0 Å². The number of fused-ring (bicyclic) bond motifs is 1. The van der Waals surface area contributed by atoms with Crippen LogP contribution in [-0.4, -0.2) is 40.3 Å². The summed E-state index contributed by atoms with van der Waals surface area (Å²) < 4.78 is 13.6. The number of aryl methyl sites for hydroxylation is 1. The molecule has 0 radical (unpaired) electrons. The van der Waals surface area contributed by atoms with Gasteiger partial charge in [-0.25, -0.2) is 4.39 Å². The first-order valence-corrected chi connectivity index (χ1v) is 8.46. The molecule has 0 saturated carbocycles. The van der Waals surface area contributed by atoms with Crippen LogP contribution in [0.1, 0.15) is 39.0 Å². The molecule has 0 atom stereocenters. The maximum Gasteiger partial charge on any atom is 0.240 e. The Morgan fingerprint density at radius 3 is 2.56 bits per heavy atom. The van der Waals surface area contributed by atoms with E-state index in [9.17, 15) is 14.0 Å². The molecule has 2 aromatic rings. The van der Waals surface area contributed by atoms with Gasteiger partial charge in [0.05, 0.1) is 13.0 Å². The molecule has 2 N–H and O–H groups in total. The molecule has 0 unspecified atom stereocenters. The first-order chi connectivity index (χ1) is 11.6. The number of likely N-dealkylation sites (N-methyl/N-ethyl adjacent to an activating group) is 1. The first kappa shape index (κ1) is 19.0. The van der Waals surface area contributed by atoms with Gasteiger partial charge in [0.2, 0.25) is 11.8 Å². The van der Waals surface area contributed by atoms with Crippen LogP contribution < -0.4 is 5.32 Å². The Bertz CT molecular complexity index is 790. The average Bonchev–Trinajstić information content (AvgIpc) is 2.78. The third-order valence-electron chi connectivity index (χ3n) is 3.99. The van der Waals surface area contributed by atoms with Crippen molar-refractivity contribution in [3.05, 3.63) is 35.3 Å². The van der Waals surface area contributed by atoms with Gasteiger partial charge in [0.1, 0.15) is 5.82 Å². The van der Waals surface area contributed by atoms with Crippen LogP contribution in [0.5, 0.6) is 0 Å². The Labute approximate surface area is 147 Å². The predicted octanol–water partition coefficient (Wildman–Crippen LogP) is 2.92. The van der Waals surface area contributed by atoms with Gasteiger partial charge >= 0.3 is 0 Å². The van der Waals surface area contributed by atoms with Crippen molar-refractivity contribution in [1.29, 1.82) is 0 Å². The zero-order valence-corrected chi connectivity index (χ0v) is 15.5. The highest BCUT2D eigenvalue weighted by molar-refractivity contribution is 5.91. The molecule has 1 aromatic heterocycles. The highest BCUT2D eigenvalue weighted by atomic mass is 19.1. The summed E-state index contributed by atoms with van der Waals surface area (Å²) in [6.45, 7) is 9.84. The van der Waals surface area contributed by atoms with E-state index in [1.807, 2.05) is 34.6 Å². The smallest absolute Gasteiger partial charge is 0.240 e. The van der Waals surface area contributed by atoms with Crippen molar-refractivity contribution >= 4 is 22.7 Å². The number of halogens is 1. The minimum Gasteiger partial charge on any atom is -0.358 e.